The molecule has 0 radical (unpaired) electrons. The van der Waals surface area contributed by atoms with E-state index in [1.165, 1.54) is 0 Å². The van der Waals surface area contributed by atoms with Crippen LogP contribution in [0.15, 0.2) is 24.3 Å². The number of anilines is 1. The average Bonchev–Trinajstić information content (AvgIpc) is 2.41. The fourth-order valence-corrected chi connectivity index (χ4v) is 2.65. The minimum Gasteiger partial charge on any atom is -0.378 e. The van der Waals surface area contributed by atoms with E-state index in [0.29, 0.717) is 0 Å². The quantitative estimate of drug-likeness (QED) is 0.897. The first-order valence-corrected chi connectivity index (χ1v) is 7.13. The Morgan fingerprint density at radius 1 is 1.40 bits per heavy atom. The van der Waals surface area contributed by atoms with Crippen LogP contribution in [0.5, 0.6) is 0 Å². The van der Waals surface area contributed by atoms with E-state index in [1.54, 1.807) is 0 Å². The van der Waals surface area contributed by atoms with Crippen LogP contribution in [-0.2, 0) is 0 Å². The largest absolute Gasteiger partial charge is 0.378 e. The highest BCUT2D eigenvalue weighted by atomic mass is 16.2. The Hall–Kier alpha value is -1.55. The second kappa shape index (κ2) is 5.44. The average molecular weight is 275 g/mol. The molecule has 0 saturated carbocycles. The van der Waals surface area contributed by atoms with Crippen LogP contribution in [0.25, 0.3) is 0 Å². The van der Waals surface area contributed by atoms with Crippen LogP contribution in [-0.4, -0.2) is 44.0 Å². The summed E-state index contributed by atoms with van der Waals surface area (Å²) in [5.74, 6) is 0.105. The zero-order chi connectivity index (χ0) is 14.9. The topological polar surface area (TPSA) is 49.6 Å². The van der Waals surface area contributed by atoms with Crippen molar-refractivity contribution < 1.29 is 4.79 Å². The van der Waals surface area contributed by atoms with Gasteiger partial charge in [0.25, 0.3) is 5.91 Å². The van der Waals surface area contributed by atoms with Gasteiger partial charge in [-0.2, -0.15) is 0 Å². The van der Waals surface area contributed by atoms with Crippen molar-refractivity contribution in [3.8, 4) is 0 Å². The normalized spacial score (nSPS) is 21.6. The van der Waals surface area contributed by atoms with Gasteiger partial charge in [0.05, 0.1) is 0 Å². The van der Waals surface area contributed by atoms with Gasteiger partial charge in [-0.3, -0.25) is 4.79 Å². The summed E-state index contributed by atoms with van der Waals surface area (Å²) in [6.45, 7) is 5.73. The molecule has 1 aliphatic heterocycles. The standard InChI is InChI=1S/C16H25N3O/c1-16(2)11-19(9-8-14(16)17)15(20)12-6-5-7-13(10-12)18(3)4/h5-7,10,14H,8-9,11,17H2,1-4H3. The van der Waals surface area contributed by atoms with Crippen molar-refractivity contribution in [3.05, 3.63) is 29.8 Å². The molecule has 1 saturated heterocycles. The van der Waals surface area contributed by atoms with Crippen molar-refractivity contribution >= 4 is 11.6 Å². The third kappa shape index (κ3) is 2.96. The molecule has 1 unspecified atom stereocenters. The fourth-order valence-electron chi connectivity index (χ4n) is 2.65. The van der Waals surface area contributed by atoms with Gasteiger partial charge in [0.1, 0.15) is 0 Å². The summed E-state index contributed by atoms with van der Waals surface area (Å²) in [6.07, 6.45) is 0.867. The third-order valence-electron chi connectivity index (χ3n) is 4.21. The number of benzene rings is 1. The number of carbonyl (C=O) groups is 1. The number of likely N-dealkylation sites (tertiary alicyclic amines) is 1. The van der Waals surface area contributed by atoms with Crippen LogP contribution < -0.4 is 10.6 Å². The lowest BCUT2D eigenvalue weighted by Gasteiger charge is -2.42. The van der Waals surface area contributed by atoms with Crippen LogP contribution in [0.3, 0.4) is 0 Å². The molecular weight excluding hydrogens is 250 g/mol. The summed E-state index contributed by atoms with van der Waals surface area (Å²) in [4.78, 5) is 16.6. The molecule has 110 valence electrons. The third-order valence-corrected chi connectivity index (χ3v) is 4.21. The van der Waals surface area contributed by atoms with Crippen molar-refractivity contribution in [1.82, 2.24) is 4.90 Å². The zero-order valence-electron chi connectivity index (χ0n) is 12.9. The van der Waals surface area contributed by atoms with E-state index in [9.17, 15) is 4.79 Å². The first kappa shape index (κ1) is 14.9. The molecule has 0 aromatic heterocycles. The Bertz CT molecular complexity index is 496. The number of hydrogen-bond acceptors (Lipinski definition) is 3. The minimum absolute atomic E-state index is 0.0208. The zero-order valence-corrected chi connectivity index (χ0v) is 12.9. The highest BCUT2D eigenvalue weighted by Gasteiger charge is 2.35. The SMILES string of the molecule is CN(C)c1cccc(C(=O)N2CCC(N)C(C)(C)C2)c1. The molecule has 0 aliphatic carbocycles. The van der Waals surface area contributed by atoms with E-state index in [2.05, 4.69) is 13.8 Å². The summed E-state index contributed by atoms with van der Waals surface area (Å²) in [6, 6.07) is 7.94. The number of hydrogen-bond donors (Lipinski definition) is 1. The van der Waals surface area contributed by atoms with E-state index in [0.717, 1.165) is 30.8 Å². The van der Waals surface area contributed by atoms with Crippen LogP contribution in [0.4, 0.5) is 5.69 Å². The molecule has 1 aliphatic rings. The van der Waals surface area contributed by atoms with Gasteiger partial charge in [0, 0.05) is 44.5 Å². The number of carbonyl (C=O) groups excluding carboxylic acids is 1. The maximum Gasteiger partial charge on any atom is 0.253 e. The van der Waals surface area contributed by atoms with E-state index < -0.39 is 0 Å². The van der Waals surface area contributed by atoms with Crippen LogP contribution in [0.2, 0.25) is 0 Å². The molecule has 1 fully saturated rings. The Morgan fingerprint density at radius 3 is 2.70 bits per heavy atom. The van der Waals surface area contributed by atoms with Crippen molar-refractivity contribution in [2.75, 3.05) is 32.1 Å². The molecule has 1 heterocycles. The Labute approximate surface area is 121 Å². The van der Waals surface area contributed by atoms with Gasteiger partial charge in [-0.05, 0) is 30.0 Å². The van der Waals surface area contributed by atoms with E-state index >= 15 is 0 Å². The molecule has 1 atom stereocenters. The summed E-state index contributed by atoms with van der Waals surface area (Å²) in [7, 11) is 3.96. The second-order valence-electron chi connectivity index (χ2n) is 6.56. The highest BCUT2D eigenvalue weighted by Crippen LogP contribution is 2.28. The molecule has 1 amide bonds. The van der Waals surface area contributed by atoms with Crippen molar-refractivity contribution in [2.24, 2.45) is 11.1 Å². The molecule has 4 nitrogen and oxygen atoms in total. The lowest BCUT2D eigenvalue weighted by molar-refractivity contribution is 0.0533. The van der Waals surface area contributed by atoms with Crippen LogP contribution >= 0.6 is 0 Å². The van der Waals surface area contributed by atoms with Crippen molar-refractivity contribution in [1.29, 1.82) is 0 Å². The summed E-state index contributed by atoms with van der Waals surface area (Å²) < 4.78 is 0. The number of nitrogens with zero attached hydrogens (tertiary/aromatic N) is 2. The first-order valence-electron chi connectivity index (χ1n) is 7.13. The van der Waals surface area contributed by atoms with Crippen LogP contribution in [0, 0.1) is 5.41 Å². The number of nitrogens with two attached hydrogens (primary N) is 1. The number of amides is 1. The first-order chi connectivity index (χ1) is 9.31. The van der Waals surface area contributed by atoms with E-state index in [-0.39, 0.29) is 17.4 Å². The Morgan fingerprint density at radius 2 is 2.10 bits per heavy atom. The molecular formula is C16H25N3O. The van der Waals surface area contributed by atoms with Crippen molar-refractivity contribution in [2.45, 2.75) is 26.3 Å². The Kier molecular flexibility index (Phi) is 4.04. The van der Waals surface area contributed by atoms with Gasteiger partial charge in [-0.15, -0.1) is 0 Å². The summed E-state index contributed by atoms with van der Waals surface area (Å²) in [5, 5.41) is 0. The molecule has 20 heavy (non-hydrogen) atoms. The minimum atomic E-state index is -0.0208. The van der Waals surface area contributed by atoms with Crippen LogP contribution in [0.1, 0.15) is 30.6 Å². The van der Waals surface area contributed by atoms with Gasteiger partial charge in [0.2, 0.25) is 0 Å². The summed E-state index contributed by atoms with van der Waals surface area (Å²) >= 11 is 0. The smallest absolute Gasteiger partial charge is 0.253 e. The second-order valence-corrected chi connectivity index (χ2v) is 6.56. The van der Waals surface area contributed by atoms with Gasteiger partial charge in [-0.25, -0.2) is 0 Å². The van der Waals surface area contributed by atoms with Gasteiger partial charge >= 0.3 is 0 Å². The molecule has 2 N–H and O–H groups in total. The van der Waals surface area contributed by atoms with Crippen molar-refractivity contribution in [3.63, 3.8) is 0 Å². The molecule has 1 aromatic carbocycles. The molecule has 0 bridgehead atoms. The Balaban J connectivity index is 2.18. The number of rotatable bonds is 2. The number of piperidine rings is 1. The van der Waals surface area contributed by atoms with Gasteiger partial charge in [0.15, 0.2) is 0 Å². The van der Waals surface area contributed by atoms with E-state index in [4.69, 9.17) is 5.73 Å². The van der Waals surface area contributed by atoms with E-state index in [1.807, 2.05) is 48.2 Å². The molecule has 4 heteroatoms. The lowest BCUT2D eigenvalue weighted by Crippen LogP contribution is -2.54. The molecule has 1 aromatic rings. The maximum absolute atomic E-state index is 12.6. The predicted octanol–water partition coefficient (Wildman–Crippen LogP) is 1.95. The summed E-state index contributed by atoms with van der Waals surface area (Å²) in [5.41, 5.74) is 7.91. The highest BCUT2D eigenvalue weighted by molar-refractivity contribution is 5.95. The molecule has 2 rings (SSSR count). The van der Waals surface area contributed by atoms with Gasteiger partial charge < -0.3 is 15.5 Å². The molecule has 0 spiro atoms. The fraction of sp³-hybridized carbons (Fsp3) is 0.562. The van der Waals surface area contributed by atoms with Gasteiger partial charge in [-0.1, -0.05) is 19.9 Å². The maximum atomic E-state index is 12.6. The monoisotopic (exact) mass is 275 g/mol. The predicted molar refractivity (Wildman–Crippen MR) is 83.0 cm³/mol. The lowest BCUT2D eigenvalue weighted by atomic mass is 9.79.